The summed E-state index contributed by atoms with van der Waals surface area (Å²) in [4.78, 5) is 34.1. The maximum absolute atomic E-state index is 13.5. The van der Waals surface area contributed by atoms with E-state index in [1.54, 1.807) is 23.1 Å². The quantitative estimate of drug-likeness (QED) is 0.523. The zero-order valence-corrected chi connectivity index (χ0v) is 20.1. The van der Waals surface area contributed by atoms with Crippen LogP contribution in [0.2, 0.25) is 5.02 Å². The highest BCUT2D eigenvalue weighted by atomic mass is 35.5. The van der Waals surface area contributed by atoms with E-state index in [2.05, 4.69) is 5.32 Å². The van der Waals surface area contributed by atoms with E-state index in [1.807, 2.05) is 36.9 Å². The van der Waals surface area contributed by atoms with Crippen molar-refractivity contribution in [3.8, 4) is 0 Å². The molecule has 1 saturated carbocycles. The monoisotopic (exact) mass is 476 g/mol. The van der Waals surface area contributed by atoms with Gasteiger partial charge in [-0.25, -0.2) is 9.78 Å². The van der Waals surface area contributed by atoms with Gasteiger partial charge in [-0.15, -0.1) is 12.4 Å². The summed E-state index contributed by atoms with van der Waals surface area (Å²) in [5.74, 6) is 0.919. The highest BCUT2D eigenvalue weighted by Gasteiger charge is 2.34. The number of benzene rings is 1. The summed E-state index contributed by atoms with van der Waals surface area (Å²) in [6, 6.07) is 10.9. The van der Waals surface area contributed by atoms with Crippen LogP contribution in [0.4, 0.5) is 22.0 Å². The molecule has 1 aliphatic carbocycles. The molecule has 1 fully saturated rings. The number of nitrogens with one attached hydrogen (secondary N) is 1. The van der Waals surface area contributed by atoms with Crippen molar-refractivity contribution in [2.24, 2.45) is 11.8 Å². The molecule has 2 aliphatic rings. The third-order valence-electron chi connectivity index (χ3n) is 6.32. The van der Waals surface area contributed by atoms with Gasteiger partial charge in [-0.1, -0.05) is 44.4 Å². The zero-order chi connectivity index (χ0) is 22.0. The lowest BCUT2D eigenvalue weighted by molar-refractivity contribution is -0.119. The predicted molar refractivity (Wildman–Crippen MR) is 131 cm³/mol. The van der Waals surface area contributed by atoms with E-state index < -0.39 is 0 Å². The normalized spacial score (nSPS) is 17.0. The number of pyridine rings is 1. The summed E-state index contributed by atoms with van der Waals surface area (Å²) in [6.45, 7) is 5.05. The van der Waals surface area contributed by atoms with Gasteiger partial charge in [0.25, 0.3) is 0 Å². The van der Waals surface area contributed by atoms with Crippen LogP contribution in [-0.2, 0) is 11.3 Å². The third-order valence-corrected chi connectivity index (χ3v) is 6.56. The van der Waals surface area contributed by atoms with Crippen LogP contribution in [0, 0.1) is 11.8 Å². The predicted octanol–water partition coefficient (Wildman–Crippen LogP) is 6.41. The Morgan fingerprint density at radius 3 is 2.69 bits per heavy atom. The Kier molecular flexibility index (Phi) is 8.01. The Morgan fingerprint density at radius 2 is 2.00 bits per heavy atom. The van der Waals surface area contributed by atoms with Gasteiger partial charge < -0.3 is 10.2 Å². The Bertz CT molecular complexity index is 978. The van der Waals surface area contributed by atoms with E-state index in [-0.39, 0.29) is 30.3 Å². The fourth-order valence-electron chi connectivity index (χ4n) is 4.32. The van der Waals surface area contributed by atoms with Crippen molar-refractivity contribution in [1.82, 2.24) is 9.88 Å². The van der Waals surface area contributed by atoms with Crippen LogP contribution in [0.1, 0.15) is 51.6 Å². The van der Waals surface area contributed by atoms with Gasteiger partial charge in [0.15, 0.2) is 0 Å². The van der Waals surface area contributed by atoms with Gasteiger partial charge in [-0.3, -0.25) is 9.69 Å². The number of rotatable bonds is 6. The van der Waals surface area contributed by atoms with Crippen molar-refractivity contribution in [2.75, 3.05) is 16.8 Å². The van der Waals surface area contributed by atoms with E-state index in [4.69, 9.17) is 16.6 Å². The molecule has 0 spiro atoms. The van der Waals surface area contributed by atoms with Gasteiger partial charge in [0.1, 0.15) is 5.82 Å². The van der Waals surface area contributed by atoms with Crippen LogP contribution in [0.3, 0.4) is 0 Å². The van der Waals surface area contributed by atoms with Gasteiger partial charge in [0.2, 0.25) is 5.91 Å². The number of urea groups is 1. The summed E-state index contributed by atoms with van der Waals surface area (Å²) in [5.41, 5.74) is 2.23. The van der Waals surface area contributed by atoms with Crippen molar-refractivity contribution in [3.63, 3.8) is 0 Å². The van der Waals surface area contributed by atoms with Crippen LogP contribution in [-0.4, -0.2) is 28.4 Å². The van der Waals surface area contributed by atoms with Gasteiger partial charge >= 0.3 is 6.03 Å². The molecule has 3 amide bonds. The number of anilines is 3. The zero-order valence-electron chi connectivity index (χ0n) is 18.5. The minimum absolute atomic E-state index is 0. The summed E-state index contributed by atoms with van der Waals surface area (Å²) in [6.07, 6.45) is 5.54. The van der Waals surface area contributed by atoms with Crippen LogP contribution in [0.5, 0.6) is 0 Å². The molecule has 2 aromatic rings. The number of fused-ring (bicyclic) bond motifs is 1. The molecule has 0 unspecified atom stereocenters. The minimum atomic E-state index is -0.0822. The molecule has 0 radical (unpaired) electrons. The van der Waals surface area contributed by atoms with E-state index >= 15 is 0 Å². The lowest BCUT2D eigenvalue weighted by atomic mass is 10.1. The lowest BCUT2D eigenvalue weighted by Crippen LogP contribution is -2.46. The Morgan fingerprint density at radius 1 is 1.25 bits per heavy atom. The maximum atomic E-state index is 13.5. The maximum Gasteiger partial charge on any atom is 0.329 e. The van der Waals surface area contributed by atoms with Gasteiger partial charge in [-0.2, -0.15) is 0 Å². The molecule has 1 aromatic carbocycles. The van der Waals surface area contributed by atoms with E-state index in [9.17, 15) is 9.59 Å². The lowest BCUT2D eigenvalue weighted by Gasteiger charge is -2.37. The van der Waals surface area contributed by atoms with Crippen molar-refractivity contribution < 1.29 is 9.59 Å². The summed E-state index contributed by atoms with van der Waals surface area (Å²) in [5, 5.41) is 3.49. The first kappa shape index (κ1) is 24.3. The number of halogens is 2. The molecule has 0 saturated heterocycles. The van der Waals surface area contributed by atoms with Gasteiger partial charge in [0.05, 0.1) is 23.6 Å². The number of amides is 3. The fourth-order valence-corrected chi connectivity index (χ4v) is 4.51. The molecule has 1 N–H and O–H groups in total. The largest absolute Gasteiger partial charge is 0.329 e. The Hall–Kier alpha value is -2.31. The van der Waals surface area contributed by atoms with Crippen LogP contribution in [0.25, 0.3) is 0 Å². The molecule has 32 heavy (non-hydrogen) atoms. The number of hydrogen-bond donors (Lipinski definition) is 1. The molecule has 172 valence electrons. The number of hydrogen-bond acceptors (Lipinski definition) is 3. The first-order valence-corrected chi connectivity index (χ1v) is 11.5. The summed E-state index contributed by atoms with van der Waals surface area (Å²) < 4.78 is 0. The van der Waals surface area contributed by atoms with Crippen molar-refractivity contribution >= 4 is 53.1 Å². The number of nitrogens with zero attached hydrogens (tertiary/aromatic N) is 3. The van der Waals surface area contributed by atoms with E-state index in [0.717, 1.165) is 37.2 Å². The molecule has 1 atom stereocenters. The van der Waals surface area contributed by atoms with Gasteiger partial charge in [0, 0.05) is 17.5 Å². The topological polar surface area (TPSA) is 65.5 Å². The average molecular weight is 477 g/mol. The third kappa shape index (κ3) is 5.18. The van der Waals surface area contributed by atoms with Crippen molar-refractivity contribution in [1.29, 1.82) is 0 Å². The van der Waals surface area contributed by atoms with Crippen LogP contribution in [0.15, 0.2) is 36.4 Å². The Labute approximate surface area is 200 Å². The molecular formula is C24H30Cl2N4O2. The smallest absolute Gasteiger partial charge is 0.318 e. The second-order valence-corrected chi connectivity index (χ2v) is 9.03. The molecule has 1 aromatic heterocycles. The number of carbonyl (C=O) groups is 2. The Balaban J connectivity index is 0.00000289. The molecule has 2 heterocycles. The van der Waals surface area contributed by atoms with E-state index in [1.165, 1.54) is 12.8 Å². The van der Waals surface area contributed by atoms with Crippen molar-refractivity contribution in [3.05, 3.63) is 47.1 Å². The molecule has 1 aliphatic heterocycles. The minimum Gasteiger partial charge on any atom is -0.318 e. The van der Waals surface area contributed by atoms with Crippen LogP contribution < -0.4 is 10.2 Å². The van der Waals surface area contributed by atoms with Crippen molar-refractivity contribution in [2.45, 2.75) is 52.5 Å². The second-order valence-electron chi connectivity index (χ2n) is 8.59. The summed E-state index contributed by atoms with van der Waals surface area (Å²) in [7, 11) is 0. The highest BCUT2D eigenvalue weighted by molar-refractivity contribution is 6.31. The average Bonchev–Trinajstić information content (AvgIpc) is 3.27. The highest BCUT2D eigenvalue weighted by Crippen LogP contribution is 2.37. The molecule has 6 nitrogen and oxygen atoms in total. The first-order valence-electron chi connectivity index (χ1n) is 11.1. The van der Waals surface area contributed by atoms with Crippen LogP contribution >= 0.6 is 24.0 Å². The second kappa shape index (κ2) is 10.5. The molecule has 8 heteroatoms. The molecule has 0 bridgehead atoms. The fraction of sp³-hybridized carbons (Fsp3) is 0.458. The summed E-state index contributed by atoms with van der Waals surface area (Å²) >= 11 is 6.22. The first-order chi connectivity index (χ1) is 15.0. The SMILES string of the molecule is CC[C@@H](C)C(=O)Nc1ccc2c(n1)CN(CC1CCCC1)C(=O)N2c1cccc(Cl)c1.Cl. The van der Waals surface area contributed by atoms with Gasteiger partial charge in [-0.05, 0) is 55.5 Å². The molecular weight excluding hydrogens is 447 g/mol. The van der Waals surface area contributed by atoms with E-state index in [0.29, 0.717) is 29.0 Å². The number of aromatic nitrogens is 1. The molecule has 4 rings (SSSR count). The number of carbonyl (C=O) groups excluding carboxylic acids is 2. The standard InChI is InChI=1S/C24H29ClN4O2.ClH/c1-3-16(2)23(30)27-22-12-11-21-20(26-22)15-28(14-17-7-4-5-8-17)24(31)29(21)19-10-6-9-18(25)13-19;/h6,9-13,16-17H,3-5,7-8,14-15H2,1-2H3,(H,26,27,30);1H/t16-;/m1./s1.